The molecule has 2 heterocycles. The van der Waals surface area contributed by atoms with E-state index in [1.165, 1.54) is 23.3 Å². The highest BCUT2D eigenvalue weighted by atomic mass is 32.2. The molecule has 0 saturated carbocycles. The molecule has 4 rings (SSSR count). The first-order valence-electron chi connectivity index (χ1n) is 12.0. The summed E-state index contributed by atoms with van der Waals surface area (Å²) in [6.45, 7) is 4.47. The number of amides is 1. The van der Waals surface area contributed by atoms with Crippen molar-refractivity contribution in [1.82, 2.24) is 9.62 Å². The van der Waals surface area contributed by atoms with Crippen LogP contribution in [0.4, 0.5) is 0 Å². The second-order valence-electron chi connectivity index (χ2n) is 9.27. The summed E-state index contributed by atoms with van der Waals surface area (Å²) in [4.78, 5) is 15.0. The molecule has 2 aliphatic heterocycles. The van der Waals surface area contributed by atoms with E-state index in [-0.39, 0.29) is 23.5 Å². The van der Waals surface area contributed by atoms with Crippen LogP contribution >= 0.6 is 0 Å². The Bertz CT molecular complexity index is 1040. The van der Waals surface area contributed by atoms with E-state index in [0.717, 1.165) is 38.5 Å². The fourth-order valence-corrected chi connectivity index (χ4v) is 5.73. The van der Waals surface area contributed by atoms with Gasteiger partial charge < -0.3 is 9.64 Å². The minimum absolute atomic E-state index is 0.0723. The van der Waals surface area contributed by atoms with Crippen LogP contribution in [0, 0.1) is 12.8 Å². The van der Waals surface area contributed by atoms with Gasteiger partial charge in [0.25, 0.3) is 5.91 Å². The highest BCUT2D eigenvalue weighted by Gasteiger charge is 2.25. The molecule has 0 spiro atoms. The van der Waals surface area contributed by atoms with Crippen molar-refractivity contribution in [2.75, 3.05) is 26.2 Å². The number of carbonyl (C=O) groups is 1. The van der Waals surface area contributed by atoms with Crippen LogP contribution in [0.25, 0.3) is 0 Å². The lowest BCUT2D eigenvalue weighted by Gasteiger charge is -2.32. The lowest BCUT2D eigenvalue weighted by Crippen LogP contribution is -2.38. The smallest absolute Gasteiger partial charge is 0.253 e. The number of sulfonamides is 1. The van der Waals surface area contributed by atoms with Gasteiger partial charge in [-0.3, -0.25) is 4.79 Å². The van der Waals surface area contributed by atoms with Crippen LogP contribution in [-0.4, -0.2) is 51.6 Å². The molecule has 2 aromatic carbocycles. The van der Waals surface area contributed by atoms with Gasteiger partial charge in [-0.05, 0) is 75.1 Å². The number of carbonyl (C=O) groups excluding carboxylic acids is 1. The molecule has 2 aliphatic rings. The molecule has 33 heavy (non-hydrogen) atoms. The third kappa shape index (κ3) is 6.43. The number of piperidine rings is 1. The largest absolute Gasteiger partial charge is 0.377 e. The van der Waals surface area contributed by atoms with Crippen molar-refractivity contribution < 1.29 is 17.9 Å². The maximum atomic E-state index is 13.1. The van der Waals surface area contributed by atoms with Gasteiger partial charge in [-0.1, -0.05) is 35.9 Å². The zero-order valence-electron chi connectivity index (χ0n) is 19.3. The van der Waals surface area contributed by atoms with Crippen LogP contribution < -0.4 is 4.72 Å². The molecule has 1 unspecified atom stereocenters. The Labute approximate surface area is 197 Å². The van der Waals surface area contributed by atoms with Gasteiger partial charge in [0.15, 0.2) is 0 Å². The van der Waals surface area contributed by atoms with Gasteiger partial charge in [0.1, 0.15) is 0 Å². The normalized spacial score (nSPS) is 19.7. The standard InChI is InChI=1S/C26H34N2O4S/c1-20-7-9-21(10-8-20)11-12-22-13-15-28(16-14-22)26(29)23-4-2-6-25(18-23)33(30,31)27-19-24-5-3-17-32-24/h2,4,6-10,18,22,24,27H,3,5,11-17,19H2,1H3. The number of nitrogens with zero attached hydrogens (tertiary/aromatic N) is 1. The highest BCUT2D eigenvalue weighted by Crippen LogP contribution is 2.24. The van der Waals surface area contributed by atoms with Gasteiger partial charge in [0, 0.05) is 31.8 Å². The van der Waals surface area contributed by atoms with Crippen LogP contribution in [-0.2, 0) is 21.2 Å². The van der Waals surface area contributed by atoms with E-state index >= 15 is 0 Å². The second kappa shape index (κ2) is 10.8. The Hall–Kier alpha value is -2.22. The van der Waals surface area contributed by atoms with Crippen molar-refractivity contribution in [1.29, 1.82) is 0 Å². The first kappa shape index (κ1) is 23.9. The van der Waals surface area contributed by atoms with E-state index in [0.29, 0.717) is 31.2 Å². The van der Waals surface area contributed by atoms with Gasteiger partial charge in [0.2, 0.25) is 10.0 Å². The molecule has 1 amide bonds. The Kier molecular flexibility index (Phi) is 7.83. The number of ether oxygens (including phenoxy) is 1. The Balaban J connectivity index is 1.29. The maximum absolute atomic E-state index is 13.1. The zero-order chi connectivity index (χ0) is 23.3. The number of likely N-dealkylation sites (tertiary alicyclic amines) is 1. The minimum atomic E-state index is -3.68. The minimum Gasteiger partial charge on any atom is -0.377 e. The third-order valence-corrected chi connectivity index (χ3v) is 8.20. The number of benzene rings is 2. The van der Waals surface area contributed by atoms with Crippen LogP contribution in [0.2, 0.25) is 0 Å². The third-order valence-electron chi connectivity index (χ3n) is 6.78. The van der Waals surface area contributed by atoms with Crippen LogP contribution in [0.5, 0.6) is 0 Å². The molecule has 2 aromatic rings. The van der Waals surface area contributed by atoms with E-state index < -0.39 is 10.0 Å². The fraction of sp³-hybridized carbons (Fsp3) is 0.500. The summed E-state index contributed by atoms with van der Waals surface area (Å²) in [5.41, 5.74) is 3.07. The predicted octanol–water partition coefficient (Wildman–Crippen LogP) is 3.94. The average Bonchev–Trinajstić information content (AvgIpc) is 3.36. The SMILES string of the molecule is Cc1ccc(CCC2CCN(C(=O)c3cccc(S(=O)(=O)NCC4CCCO4)c3)CC2)cc1. The Morgan fingerprint density at radius 1 is 1.09 bits per heavy atom. The Morgan fingerprint density at radius 3 is 2.55 bits per heavy atom. The lowest BCUT2D eigenvalue weighted by atomic mass is 9.90. The van der Waals surface area contributed by atoms with Crippen LogP contribution in [0.3, 0.4) is 0 Å². The van der Waals surface area contributed by atoms with Crippen molar-refractivity contribution in [3.05, 3.63) is 65.2 Å². The first-order chi connectivity index (χ1) is 15.9. The van der Waals surface area contributed by atoms with E-state index in [4.69, 9.17) is 4.74 Å². The second-order valence-corrected chi connectivity index (χ2v) is 11.0. The molecule has 6 nitrogen and oxygen atoms in total. The maximum Gasteiger partial charge on any atom is 0.253 e. The number of rotatable bonds is 8. The van der Waals surface area contributed by atoms with Gasteiger partial charge >= 0.3 is 0 Å². The molecule has 0 radical (unpaired) electrons. The van der Waals surface area contributed by atoms with Crippen molar-refractivity contribution in [2.24, 2.45) is 5.92 Å². The van der Waals surface area contributed by atoms with E-state index in [9.17, 15) is 13.2 Å². The molecule has 2 fully saturated rings. The zero-order valence-corrected chi connectivity index (χ0v) is 20.1. The molecule has 1 atom stereocenters. The summed E-state index contributed by atoms with van der Waals surface area (Å²) >= 11 is 0. The topological polar surface area (TPSA) is 75.7 Å². The molecule has 7 heteroatoms. The van der Waals surface area contributed by atoms with Crippen molar-refractivity contribution >= 4 is 15.9 Å². The average molecular weight is 471 g/mol. The molecular weight excluding hydrogens is 436 g/mol. The summed E-state index contributed by atoms with van der Waals surface area (Å²) in [6.07, 6.45) is 5.92. The van der Waals surface area contributed by atoms with E-state index in [1.807, 2.05) is 4.90 Å². The van der Waals surface area contributed by atoms with Gasteiger partial charge in [-0.15, -0.1) is 0 Å². The van der Waals surface area contributed by atoms with Gasteiger partial charge in [-0.25, -0.2) is 13.1 Å². The first-order valence-corrected chi connectivity index (χ1v) is 13.5. The summed E-state index contributed by atoms with van der Waals surface area (Å²) < 4.78 is 33.5. The van der Waals surface area contributed by atoms with Crippen molar-refractivity contribution in [2.45, 2.75) is 56.4 Å². The number of nitrogens with one attached hydrogen (secondary N) is 1. The quantitative estimate of drug-likeness (QED) is 0.634. The summed E-state index contributed by atoms with van der Waals surface area (Å²) in [5.74, 6) is 0.521. The Morgan fingerprint density at radius 2 is 1.85 bits per heavy atom. The molecule has 1 N–H and O–H groups in total. The summed E-state index contributed by atoms with van der Waals surface area (Å²) in [6, 6.07) is 15.1. The van der Waals surface area contributed by atoms with Crippen LogP contribution in [0.1, 0.15) is 53.6 Å². The fourth-order valence-electron chi connectivity index (χ4n) is 4.62. The number of hydrogen-bond donors (Lipinski definition) is 1. The predicted molar refractivity (Wildman–Crippen MR) is 129 cm³/mol. The molecule has 0 aromatic heterocycles. The molecule has 0 bridgehead atoms. The monoisotopic (exact) mass is 470 g/mol. The van der Waals surface area contributed by atoms with Crippen LogP contribution in [0.15, 0.2) is 53.4 Å². The summed E-state index contributed by atoms with van der Waals surface area (Å²) in [5, 5.41) is 0. The highest BCUT2D eigenvalue weighted by molar-refractivity contribution is 7.89. The summed E-state index contributed by atoms with van der Waals surface area (Å²) in [7, 11) is -3.68. The molecule has 178 valence electrons. The van der Waals surface area contributed by atoms with Crippen molar-refractivity contribution in [3.63, 3.8) is 0 Å². The van der Waals surface area contributed by atoms with E-state index in [1.54, 1.807) is 12.1 Å². The van der Waals surface area contributed by atoms with Crippen molar-refractivity contribution in [3.8, 4) is 0 Å². The lowest BCUT2D eigenvalue weighted by molar-refractivity contribution is 0.0686. The van der Waals surface area contributed by atoms with Gasteiger partial charge in [0.05, 0.1) is 11.0 Å². The van der Waals surface area contributed by atoms with E-state index in [2.05, 4.69) is 35.9 Å². The molecular formula is C26H34N2O4S. The van der Waals surface area contributed by atoms with Gasteiger partial charge in [-0.2, -0.15) is 0 Å². The number of aryl methyl sites for hydroxylation is 2. The molecule has 2 saturated heterocycles. The molecule has 0 aliphatic carbocycles. The number of hydrogen-bond acceptors (Lipinski definition) is 4.